The SMILES string of the molecule is COc1ccc(C(Cc2ncnn2C(C)C)NN)c(F)c1. The Morgan fingerprint density at radius 2 is 2.19 bits per heavy atom. The molecule has 0 bridgehead atoms. The fourth-order valence-electron chi connectivity index (χ4n) is 2.21. The lowest BCUT2D eigenvalue weighted by molar-refractivity contribution is 0.408. The second kappa shape index (κ2) is 6.64. The van der Waals surface area contributed by atoms with Crippen molar-refractivity contribution in [3.05, 3.63) is 41.7 Å². The van der Waals surface area contributed by atoms with Crippen LogP contribution in [0.25, 0.3) is 0 Å². The van der Waals surface area contributed by atoms with E-state index in [0.29, 0.717) is 17.7 Å². The van der Waals surface area contributed by atoms with Gasteiger partial charge in [-0.3, -0.25) is 11.3 Å². The third kappa shape index (κ3) is 3.37. The van der Waals surface area contributed by atoms with Gasteiger partial charge in [0.25, 0.3) is 0 Å². The molecule has 0 spiro atoms. The van der Waals surface area contributed by atoms with Gasteiger partial charge in [-0.2, -0.15) is 5.10 Å². The van der Waals surface area contributed by atoms with Crippen LogP contribution in [-0.2, 0) is 6.42 Å². The molecule has 21 heavy (non-hydrogen) atoms. The summed E-state index contributed by atoms with van der Waals surface area (Å²) >= 11 is 0. The summed E-state index contributed by atoms with van der Waals surface area (Å²) in [6.45, 7) is 4.02. The number of aromatic nitrogens is 3. The molecule has 1 atom stereocenters. The van der Waals surface area contributed by atoms with Crippen molar-refractivity contribution >= 4 is 0 Å². The largest absolute Gasteiger partial charge is 0.497 e. The van der Waals surface area contributed by atoms with E-state index in [-0.39, 0.29) is 11.9 Å². The maximum Gasteiger partial charge on any atom is 0.138 e. The molecule has 0 saturated heterocycles. The highest BCUT2D eigenvalue weighted by Crippen LogP contribution is 2.24. The zero-order valence-corrected chi connectivity index (χ0v) is 12.4. The quantitative estimate of drug-likeness (QED) is 0.627. The molecule has 1 aromatic heterocycles. The number of hydrogen-bond donors (Lipinski definition) is 2. The van der Waals surface area contributed by atoms with Crippen LogP contribution in [-0.4, -0.2) is 21.9 Å². The summed E-state index contributed by atoms with van der Waals surface area (Å²) in [5, 5.41) is 4.17. The van der Waals surface area contributed by atoms with Crippen LogP contribution in [0.5, 0.6) is 5.75 Å². The van der Waals surface area contributed by atoms with Crippen molar-refractivity contribution in [1.29, 1.82) is 0 Å². The van der Waals surface area contributed by atoms with Gasteiger partial charge >= 0.3 is 0 Å². The zero-order chi connectivity index (χ0) is 15.4. The molecular weight excluding hydrogens is 273 g/mol. The van der Waals surface area contributed by atoms with E-state index in [1.54, 1.807) is 16.8 Å². The van der Waals surface area contributed by atoms with E-state index in [4.69, 9.17) is 10.6 Å². The second-order valence-electron chi connectivity index (χ2n) is 5.03. The van der Waals surface area contributed by atoms with Crippen molar-refractivity contribution < 1.29 is 9.13 Å². The first-order valence-electron chi connectivity index (χ1n) is 6.74. The summed E-state index contributed by atoms with van der Waals surface area (Å²) in [7, 11) is 1.50. The van der Waals surface area contributed by atoms with Crippen LogP contribution in [0, 0.1) is 5.82 Å². The van der Waals surface area contributed by atoms with Gasteiger partial charge in [-0.1, -0.05) is 6.07 Å². The molecule has 7 heteroatoms. The minimum absolute atomic E-state index is 0.182. The summed E-state index contributed by atoms with van der Waals surface area (Å²) in [5.41, 5.74) is 3.11. The Morgan fingerprint density at radius 3 is 2.76 bits per heavy atom. The molecule has 0 amide bonds. The van der Waals surface area contributed by atoms with Crippen LogP contribution in [0.4, 0.5) is 4.39 Å². The average molecular weight is 293 g/mol. The lowest BCUT2D eigenvalue weighted by atomic mass is 10.0. The molecule has 0 saturated carbocycles. The molecule has 114 valence electrons. The van der Waals surface area contributed by atoms with Crippen molar-refractivity contribution in [3.8, 4) is 5.75 Å². The molecular formula is C14H20FN5O. The molecule has 1 aromatic carbocycles. The fourth-order valence-corrected chi connectivity index (χ4v) is 2.21. The third-order valence-electron chi connectivity index (χ3n) is 3.31. The summed E-state index contributed by atoms with van der Waals surface area (Å²) in [5.74, 6) is 6.44. The van der Waals surface area contributed by atoms with Gasteiger partial charge in [0.15, 0.2) is 0 Å². The smallest absolute Gasteiger partial charge is 0.138 e. The van der Waals surface area contributed by atoms with E-state index in [1.807, 2.05) is 13.8 Å². The van der Waals surface area contributed by atoms with Gasteiger partial charge in [0.2, 0.25) is 0 Å². The lowest BCUT2D eigenvalue weighted by Gasteiger charge is -2.18. The van der Waals surface area contributed by atoms with E-state index >= 15 is 0 Å². The van der Waals surface area contributed by atoms with E-state index < -0.39 is 6.04 Å². The van der Waals surface area contributed by atoms with E-state index in [1.165, 1.54) is 19.5 Å². The Hall–Kier alpha value is -1.99. The first-order chi connectivity index (χ1) is 10.1. The molecule has 0 aliphatic carbocycles. The summed E-state index contributed by atoms with van der Waals surface area (Å²) in [6.07, 6.45) is 1.94. The summed E-state index contributed by atoms with van der Waals surface area (Å²) in [4.78, 5) is 4.22. The summed E-state index contributed by atoms with van der Waals surface area (Å²) < 4.78 is 20.9. The van der Waals surface area contributed by atoms with Gasteiger partial charge in [0.05, 0.1) is 13.2 Å². The highest BCUT2D eigenvalue weighted by atomic mass is 19.1. The molecule has 0 fully saturated rings. The van der Waals surface area contributed by atoms with Gasteiger partial charge in [0, 0.05) is 24.1 Å². The molecule has 0 radical (unpaired) electrons. The van der Waals surface area contributed by atoms with Gasteiger partial charge in [-0.15, -0.1) is 0 Å². The molecule has 2 aromatic rings. The first-order valence-corrected chi connectivity index (χ1v) is 6.74. The Kier molecular flexibility index (Phi) is 4.87. The van der Waals surface area contributed by atoms with Crippen LogP contribution in [0.1, 0.15) is 37.3 Å². The molecule has 0 aliphatic heterocycles. The highest BCUT2D eigenvalue weighted by Gasteiger charge is 2.19. The molecule has 2 rings (SSSR count). The molecule has 3 N–H and O–H groups in total. The molecule has 6 nitrogen and oxygen atoms in total. The maximum atomic E-state index is 14.1. The number of nitrogens with one attached hydrogen (secondary N) is 1. The van der Waals surface area contributed by atoms with Crippen molar-refractivity contribution in [3.63, 3.8) is 0 Å². The van der Waals surface area contributed by atoms with Crippen LogP contribution in [0.15, 0.2) is 24.5 Å². The van der Waals surface area contributed by atoms with E-state index in [9.17, 15) is 4.39 Å². The van der Waals surface area contributed by atoms with Crippen molar-refractivity contribution in [2.24, 2.45) is 5.84 Å². The van der Waals surface area contributed by atoms with Crippen LogP contribution < -0.4 is 16.0 Å². The van der Waals surface area contributed by atoms with Crippen molar-refractivity contribution in [2.45, 2.75) is 32.4 Å². The van der Waals surface area contributed by atoms with Crippen molar-refractivity contribution in [2.75, 3.05) is 7.11 Å². The standard InChI is InChI=1S/C14H20FN5O/c1-9(2)20-14(17-8-18-20)7-13(19-16)11-5-4-10(21-3)6-12(11)15/h4-6,8-9,13,19H,7,16H2,1-3H3. The zero-order valence-electron chi connectivity index (χ0n) is 12.4. The first kappa shape index (κ1) is 15.4. The number of hydrogen-bond acceptors (Lipinski definition) is 5. The minimum atomic E-state index is -0.391. The Morgan fingerprint density at radius 1 is 1.43 bits per heavy atom. The van der Waals surface area contributed by atoms with Gasteiger partial charge in [-0.25, -0.2) is 14.1 Å². The lowest BCUT2D eigenvalue weighted by Crippen LogP contribution is -2.31. The van der Waals surface area contributed by atoms with Crippen LogP contribution >= 0.6 is 0 Å². The Labute approximate surface area is 123 Å². The molecule has 1 heterocycles. The number of methoxy groups -OCH3 is 1. The van der Waals surface area contributed by atoms with Crippen LogP contribution in [0.2, 0.25) is 0 Å². The monoisotopic (exact) mass is 293 g/mol. The number of hydrazine groups is 1. The average Bonchev–Trinajstić information content (AvgIpc) is 2.93. The fraction of sp³-hybridized carbons (Fsp3) is 0.429. The minimum Gasteiger partial charge on any atom is -0.497 e. The highest BCUT2D eigenvalue weighted by molar-refractivity contribution is 5.31. The van der Waals surface area contributed by atoms with Gasteiger partial charge in [0.1, 0.15) is 23.7 Å². The van der Waals surface area contributed by atoms with Crippen LogP contribution in [0.3, 0.4) is 0 Å². The van der Waals surface area contributed by atoms with Gasteiger partial charge < -0.3 is 4.74 Å². The number of nitrogens with zero attached hydrogens (tertiary/aromatic N) is 3. The number of benzene rings is 1. The predicted molar refractivity (Wildman–Crippen MR) is 77.1 cm³/mol. The number of nitrogens with two attached hydrogens (primary N) is 1. The number of halogens is 1. The maximum absolute atomic E-state index is 14.1. The topological polar surface area (TPSA) is 78.0 Å². The van der Waals surface area contributed by atoms with E-state index in [0.717, 1.165) is 5.82 Å². The predicted octanol–water partition coefficient (Wildman–Crippen LogP) is 1.75. The molecule has 0 aliphatic rings. The third-order valence-corrected chi connectivity index (χ3v) is 3.31. The molecule has 1 unspecified atom stereocenters. The van der Waals surface area contributed by atoms with E-state index in [2.05, 4.69) is 15.5 Å². The summed E-state index contributed by atoms with van der Waals surface area (Å²) in [6, 6.07) is 4.50. The second-order valence-corrected chi connectivity index (χ2v) is 5.03. The van der Waals surface area contributed by atoms with Crippen molar-refractivity contribution in [1.82, 2.24) is 20.2 Å². The Bertz CT molecular complexity index is 599. The normalized spacial score (nSPS) is 12.7. The number of ether oxygens (including phenoxy) is 1. The Balaban J connectivity index is 2.26. The number of rotatable bonds is 6. The van der Waals surface area contributed by atoms with Gasteiger partial charge in [-0.05, 0) is 19.9 Å².